The van der Waals surface area contributed by atoms with Crippen molar-refractivity contribution in [3.8, 4) is 0 Å². The minimum Gasteiger partial charge on any atom is -0.315 e. The molecule has 0 unspecified atom stereocenters. The number of aromatic nitrogens is 1. The maximum absolute atomic E-state index is 4.70. The van der Waals surface area contributed by atoms with E-state index in [9.17, 15) is 0 Å². The second kappa shape index (κ2) is 5.00. The molecule has 1 fully saturated rings. The van der Waals surface area contributed by atoms with E-state index in [0.29, 0.717) is 0 Å². The van der Waals surface area contributed by atoms with Gasteiger partial charge in [0.05, 0.1) is 10.7 Å². The smallest absolute Gasteiger partial charge is 0.0940 e. The Kier molecular flexibility index (Phi) is 3.50. The second-order valence-corrected chi connectivity index (χ2v) is 7.52. The van der Waals surface area contributed by atoms with Crippen LogP contribution in [0.5, 0.6) is 0 Å². The Morgan fingerprint density at radius 1 is 1.26 bits per heavy atom. The molecule has 1 aromatic carbocycles. The van der Waals surface area contributed by atoms with Gasteiger partial charge in [0.2, 0.25) is 0 Å². The molecule has 1 N–H and O–H groups in total. The highest BCUT2D eigenvalue weighted by molar-refractivity contribution is 9.10. The van der Waals surface area contributed by atoms with Crippen molar-refractivity contribution in [1.82, 2.24) is 10.3 Å². The van der Waals surface area contributed by atoms with Gasteiger partial charge >= 0.3 is 0 Å². The number of rotatable bonds is 3. The van der Waals surface area contributed by atoms with E-state index in [2.05, 4.69) is 59.4 Å². The first kappa shape index (κ1) is 13.3. The van der Waals surface area contributed by atoms with Crippen LogP contribution >= 0.6 is 27.3 Å². The summed E-state index contributed by atoms with van der Waals surface area (Å²) in [6.45, 7) is 6.35. The summed E-state index contributed by atoms with van der Waals surface area (Å²) in [4.78, 5) is 6.04. The number of hydrogen-bond donors (Lipinski definition) is 1. The first-order valence-corrected chi connectivity index (χ1v) is 8.10. The molecule has 1 aliphatic rings. The molecule has 1 aliphatic heterocycles. The molecule has 0 atom stereocenters. The lowest BCUT2D eigenvalue weighted by molar-refractivity contribution is 0.274. The van der Waals surface area contributed by atoms with Crippen LogP contribution < -0.4 is 5.32 Å². The zero-order valence-electron chi connectivity index (χ0n) is 11.2. The first-order valence-electron chi connectivity index (χ1n) is 6.49. The summed E-state index contributed by atoms with van der Waals surface area (Å²) < 4.78 is 1.14. The quantitative estimate of drug-likeness (QED) is 0.926. The predicted octanol–water partition coefficient (Wildman–Crippen LogP) is 3.61. The monoisotopic (exact) mass is 336 g/mol. The fourth-order valence-corrected chi connectivity index (χ4v) is 3.91. The Morgan fingerprint density at radius 2 is 1.95 bits per heavy atom. The minimum absolute atomic E-state index is 0.234. The van der Waals surface area contributed by atoms with E-state index in [-0.39, 0.29) is 5.41 Å². The lowest BCUT2D eigenvalue weighted by Gasteiger charge is -2.43. The third kappa shape index (κ3) is 2.49. The summed E-state index contributed by atoms with van der Waals surface area (Å²) in [5, 5.41) is 4.69. The molecule has 0 saturated carbocycles. The first-order chi connectivity index (χ1) is 9.09. The molecular formula is C15H17BrN2S. The van der Waals surface area contributed by atoms with Crippen LogP contribution in [0.2, 0.25) is 0 Å². The Hall–Kier alpha value is -0.710. The Balaban J connectivity index is 1.89. The number of nitrogens with one attached hydrogen (secondary N) is 1. The molecule has 100 valence electrons. The fraction of sp³-hybridized carbons (Fsp3) is 0.400. The van der Waals surface area contributed by atoms with Crippen molar-refractivity contribution < 1.29 is 0 Å². The Labute approximate surface area is 126 Å². The highest BCUT2D eigenvalue weighted by atomic mass is 79.9. The van der Waals surface area contributed by atoms with Gasteiger partial charge in [0.15, 0.2) is 0 Å². The molecule has 19 heavy (non-hydrogen) atoms. The molecule has 2 nitrogen and oxygen atoms in total. The number of aryl methyl sites for hydroxylation is 2. The standard InChI is InChI=1S/C15H17BrN2S/c1-10-11(2)19-14(18-10)7-15(8-17-9-15)12-3-5-13(16)6-4-12/h3-6,17H,7-9H2,1-2H3. The molecule has 1 saturated heterocycles. The highest BCUT2D eigenvalue weighted by Crippen LogP contribution is 2.34. The van der Waals surface area contributed by atoms with Crippen molar-refractivity contribution in [2.45, 2.75) is 25.7 Å². The number of thiazole rings is 1. The van der Waals surface area contributed by atoms with Crippen LogP contribution in [0.15, 0.2) is 28.7 Å². The topological polar surface area (TPSA) is 24.9 Å². The molecule has 4 heteroatoms. The van der Waals surface area contributed by atoms with E-state index >= 15 is 0 Å². The van der Waals surface area contributed by atoms with Crippen molar-refractivity contribution in [2.75, 3.05) is 13.1 Å². The van der Waals surface area contributed by atoms with E-state index in [0.717, 1.165) is 24.0 Å². The van der Waals surface area contributed by atoms with Gasteiger partial charge in [-0.15, -0.1) is 11.3 Å². The summed E-state index contributed by atoms with van der Waals surface area (Å²) >= 11 is 5.35. The van der Waals surface area contributed by atoms with Crippen LogP contribution in [0, 0.1) is 13.8 Å². The van der Waals surface area contributed by atoms with Crippen LogP contribution in [-0.2, 0) is 11.8 Å². The molecule has 3 rings (SSSR count). The van der Waals surface area contributed by atoms with Crippen LogP contribution in [0.4, 0.5) is 0 Å². The fourth-order valence-electron chi connectivity index (χ4n) is 2.57. The third-order valence-electron chi connectivity index (χ3n) is 3.95. The average Bonchev–Trinajstić information content (AvgIpc) is 2.65. The SMILES string of the molecule is Cc1nc(CC2(c3ccc(Br)cc3)CNC2)sc1C. The lowest BCUT2D eigenvalue weighted by atomic mass is 9.73. The largest absolute Gasteiger partial charge is 0.315 e. The maximum Gasteiger partial charge on any atom is 0.0940 e. The van der Waals surface area contributed by atoms with Crippen LogP contribution in [-0.4, -0.2) is 18.1 Å². The second-order valence-electron chi connectivity index (χ2n) is 5.32. The molecule has 0 amide bonds. The number of benzene rings is 1. The Morgan fingerprint density at radius 3 is 2.42 bits per heavy atom. The van der Waals surface area contributed by atoms with E-state index in [1.807, 2.05) is 11.3 Å². The van der Waals surface area contributed by atoms with E-state index in [1.165, 1.54) is 21.1 Å². The number of halogens is 1. The van der Waals surface area contributed by atoms with Crippen molar-refractivity contribution in [3.05, 3.63) is 49.9 Å². The Bertz CT molecular complexity index is 565. The normalized spacial score (nSPS) is 17.2. The maximum atomic E-state index is 4.70. The van der Waals surface area contributed by atoms with Gasteiger partial charge in [0.25, 0.3) is 0 Å². The highest BCUT2D eigenvalue weighted by Gasteiger charge is 2.39. The molecular weight excluding hydrogens is 320 g/mol. The summed E-state index contributed by atoms with van der Waals surface area (Å²) in [5.41, 5.74) is 2.83. The van der Waals surface area contributed by atoms with Crippen LogP contribution in [0.1, 0.15) is 21.1 Å². The summed E-state index contributed by atoms with van der Waals surface area (Å²) in [6, 6.07) is 8.73. The molecule has 2 heterocycles. The van der Waals surface area contributed by atoms with E-state index in [4.69, 9.17) is 4.98 Å². The molecule has 0 spiro atoms. The van der Waals surface area contributed by atoms with Crippen LogP contribution in [0.3, 0.4) is 0 Å². The molecule has 0 aliphatic carbocycles. The van der Waals surface area contributed by atoms with Crippen molar-refractivity contribution in [2.24, 2.45) is 0 Å². The van der Waals surface area contributed by atoms with Gasteiger partial charge in [0, 0.05) is 34.3 Å². The number of hydrogen-bond acceptors (Lipinski definition) is 3. The summed E-state index contributed by atoms with van der Waals surface area (Å²) in [6.07, 6.45) is 1.04. The van der Waals surface area contributed by atoms with Gasteiger partial charge < -0.3 is 5.32 Å². The van der Waals surface area contributed by atoms with Gasteiger partial charge in [-0.25, -0.2) is 4.98 Å². The predicted molar refractivity (Wildman–Crippen MR) is 84.0 cm³/mol. The zero-order valence-corrected chi connectivity index (χ0v) is 13.6. The van der Waals surface area contributed by atoms with E-state index in [1.54, 1.807) is 0 Å². The van der Waals surface area contributed by atoms with Gasteiger partial charge in [0.1, 0.15) is 0 Å². The van der Waals surface area contributed by atoms with E-state index < -0.39 is 0 Å². The van der Waals surface area contributed by atoms with Gasteiger partial charge in [-0.1, -0.05) is 28.1 Å². The molecule has 0 bridgehead atoms. The zero-order chi connectivity index (χ0) is 13.5. The van der Waals surface area contributed by atoms with Crippen molar-refractivity contribution >= 4 is 27.3 Å². The summed E-state index contributed by atoms with van der Waals surface area (Å²) in [5.74, 6) is 0. The number of nitrogens with zero attached hydrogens (tertiary/aromatic N) is 1. The van der Waals surface area contributed by atoms with Crippen molar-refractivity contribution in [3.63, 3.8) is 0 Å². The summed E-state index contributed by atoms with van der Waals surface area (Å²) in [7, 11) is 0. The lowest BCUT2D eigenvalue weighted by Crippen LogP contribution is -2.58. The molecule has 1 aromatic heterocycles. The third-order valence-corrected chi connectivity index (χ3v) is 5.55. The van der Waals surface area contributed by atoms with Crippen LogP contribution in [0.25, 0.3) is 0 Å². The molecule has 0 radical (unpaired) electrons. The minimum atomic E-state index is 0.234. The molecule has 2 aromatic rings. The van der Waals surface area contributed by atoms with Crippen molar-refractivity contribution in [1.29, 1.82) is 0 Å². The van der Waals surface area contributed by atoms with Gasteiger partial charge in [-0.05, 0) is 31.5 Å². The van der Waals surface area contributed by atoms with Gasteiger partial charge in [-0.2, -0.15) is 0 Å². The van der Waals surface area contributed by atoms with Gasteiger partial charge in [-0.3, -0.25) is 0 Å². The average molecular weight is 337 g/mol.